The van der Waals surface area contributed by atoms with Crippen LogP contribution >= 0.6 is 11.3 Å². The van der Waals surface area contributed by atoms with Gasteiger partial charge in [0.25, 0.3) is 5.91 Å². The third-order valence-corrected chi connectivity index (χ3v) is 5.39. The maximum absolute atomic E-state index is 12.8. The first-order valence-corrected chi connectivity index (χ1v) is 8.61. The summed E-state index contributed by atoms with van der Waals surface area (Å²) in [7, 11) is 1.99. The summed E-state index contributed by atoms with van der Waals surface area (Å²) in [6.45, 7) is 7.30. The minimum Gasteiger partial charge on any atom is -0.382 e. The maximum atomic E-state index is 12.8. The van der Waals surface area contributed by atoms with Crippen molar-refractivity contribution in [3.8, 4) is 0 Å². The smallest absolute Gasteiger partial charge is 0.268 e. The second-order valence-corrected chi connectivity index (χ2v) is 6.81. The zero-order chi connectivity index (χ0) is 15.6. The lowest BCUT2D eigenvalue weighted by molar-refractivity contribution is 0.0682. The van der Waals surface area contributed by atoms with Crippen molar-refractivity contribution < 1.29 is 4.79 Å². The van der Waals surface area contributed by atoms with Gasteiger partial charge in [0, 0.05) is 25.7 Å². The van der Waals surface area contributed by atoms with Gasteiger partial charge in [-0.05, 0) is 32.6 Å². The molecule has 2 rings (SSSR count). The van der Waals surface area contributed by atoms with Gasteiger partial charge in [0.1, 0.15) is 10.7 Å². The van der Waals surface area contributed by atoms with E-state index in [4.69, 9.17) is 5.73 Å². The Morgan fingerprint density at radius 3 is 2.81 bits per heavy atom. The summed E-state index contributed by atoms with van der Waals surface area (Å²) in [5.74, 6) is 0.426. The summed E-state index contributed by atoms with van der Waals surface area (Å²) >= 11 is 1.42. The van der Waals surface area contributed by atoms with E-state index in [1.165, 1.54) is 11.3 Å². The molecule has 2 atom stereocenters. The van der Waals surface area contributed by atoms with Gasteiger partial charge in [-0.2, -0.15) is 0 Å². The van der Waals surface area contributed by atoms with Crippen LogP contribution in [0.5, 0.6) is 0 Å². The fraction of sp³-hybridized carbons (Fsp3) is 0.733. The molecule has 21 heavy (non-hydrogen) atoms. The zero-order valence-electron chi connectivity index (χ0n) is 13.4. The third-order valence-electron chi connectivity index (χ3n) is 4.21. The molecule has 0 spiro atoms. The number of amides is 1. The van der Waals surface area contributed by atoms with Crippen molar-refractivity contribution >= 4 is 28.2 Å². The molecule has 5 nitrogen and oxygen atoms in total. The van der Waals surface area contributed by atoms with Crippen LogP contribution in [0.25, 0.3) is 0 Å². The van der Waals surface area contributed by atoms with E-state index in [1.54, 1.807) is 0 Å². The van der Waals surface area contributed by atoms with Gasteiger partial charge in [0.15, 0.2) is 5.13 Å². The summed E-state index contributed by atoms with van der Waals surface area (Å²) in [5.41, 5.74) is 6.00. The number of rotatable bonds is 5. The Kier molecular flexibility index (Phi) is 5.08. The Morgan fingerprint density at radius 2 is 2.19 bits per heavy atom. The Labute approximate surface area is 131 Å². The van der Waals surface area contributed by atoms with Crippen LogP contribution in [0.1, 0.15) is 56.1 Å². The molecule has 1 aliphatic heterocycles. The van der Waals surface area contributed by atoms with Crippen molar-refractivity contribution in [2.24, 2.45) is 0 Å². The van der Waals surface area contributed by atoms with Gasteiger partial charge < -0.3 is 15.5 Å². The number of nitrogens with two attached hydrogens (primary N) is 1. The molecule has 2 unspecified atom stereocenters. The van der Waals surface area contributed by atoms with Gasteiger partial charge in [0.05, 0.1) is 0 Å². The van der Waals surface area contributed by atoms with Gasteiger partial charge in [-0.25, -0.2) is 4.98 Å². The van der Waals surface area contributed by atoms with Gasteiger partial charge in [-0.1, -0.05) is 25.2 Å². The molecular weight excluding hydrogens is 284 g/mol. The molecule has 2 heterocycles. The molecule has 1 aromatic heterocycles. The van der Waals surface area contributed by atoms with E-state index in [0.717, 1.165) is 37.4 Å². The number of hydrogen-bond acceptors (Lipinski definition) is 5. The first-order valence-electron chi connectivity index (χ1n) is 7.79. The van der Waals surface area contributed by atoms with E-state index in [2.05, 4.69) is 30.7 Å². The molecule has 0 aromatic carbocycles. The van der Waals surface area contributed by atoms with E-state index < -0.39 is 0 Å². The van der Waals surface area contributed by atoms with Crippen molar-refractivity contribution in [1.82, 2.24) is 9.88 Å². The lowest BCUT2D eigenvalue weighted by atomic mass is 10.1. The van der Waals surface area contributed by atoms with E-state index >= 15 is 0 Å². The molecule has 0 saturated carbocycles. The molecule has 2 N–H and O–H groups in total. The predicted molar refractivity (Wildman–Crippen MR) is 89.0 cm³/mol. The summed E-state index contributed by atoms with van der Waals surface area (Å²) in [6.07, 6.45) is 4.20. The van der Waals surface area contributed by atoms with E-state index in [9.17, 15) is 4.79 Å². The summed E-state index contributed by atoms with van der Waals surface area (Å²) in [5, 5.41) is 0.831. The van der Waals surface area contributed by atoms with Crippen molar-refractivity contribution in [3.05, 3.63) is 4.88 Å². The van der Waals surface area contributed by atoms with E-state index in [-0.39, 0.29) is 5.91 Å². The monoisotopic (exact) mass is 310 g/mol. The minimum absolute atomic E-state index is 0.0537. The van der Waals surface area contributed by atoms with Crippen molar-refractivity contribution in [2.75, 3.05) is 24.2 Å². The van der Waals surface area contributed by atoms with Crippen molar-refractivity contribution in [3.63, 3.8) is 0 Å². The number of hydrogen-bond donors (Lipinski definition) is 1. The van der Waals surface area contributed by atoms with Crippen molar-refractivity contribution in [1.29, 1.82) is 0 Å². The van der Waals surface area contributed by atoms with Gasteiger partial charge >= 0.3 is 0 Å². The van der Waals surface area contributed by atoms with Gasteiger partial charge in [0.2, 0.25) is 0 Å². The average Bonchev–Trinajstić information content (AvgIpc) is 3.01. The second kappa shape index (κ2) is 6.64. The Morgan fingerprint density at radius 1 is 1.48 bits per heavy atom. The number of carbonyl (C=O) groups excluding carboxylic acids is 1. The number of thiazole rings is 1. The molecule has 0 bridgehead atoms. The highest BCUT2D eigenvalue weighted by Gasteiger charge is 2.35. The number of likely N-dealkylation sites (tertiary alicyclic amines) is 1. The molecule has 1 fully saturated rings. The summed E-state index contributed by atoms with van der Waals surface area (Å²) in [4.78, 5) is 21.9. The average molecular weight is 310 g/mol. The van der Waals surface area contributed by atoms with Crippen LogP contribution in [0.2, 0.25) is 0 Å². The summed E-state index contributed by atoms with van der Waals surface area (Å²) in [6, 6.07) is 0.631. The first-order chi connectivity index (χ1) is 9.99. The van der Waals surface area contributed by atoms with Gasteiger partial charge in [-0.3, -0.25) is 4.79 Å². The lowest BCUT2D eigenvalue weighted by Crippen LogP contribution is -2.39. The Hall–Kier alpha value is -1.30. The standard InChI is InChI=1S/C15H26N4OS/c1-5-9-18(4)15-17-13(16)12(21-15)14(20)19-10(3)7-8-11(19)6-2/h10-11H,5-9,16H2,1-4H3. The molecule has 1 saturated heterocycles. The topological polar surface area (TPSA) is 62.5 Å². The Bertz CT molecular complexity index is 502. The number of nitrogens with zero attached hydrogens (tertiary/aromatic N) is 3. The van der Waals surface area contributed by atoms with Crippen LogP contribution in [0.3, 0.4) is 0 Å². The lowest BCUT2D eigenvalue weighted by Gasteiger charge is -2.27. The maximum Gasteiger partial charge on any atom is 0.268 e. The fourth-order valence-corrected chi connectivity index (χ4v) is 3.94. The van der Waals surface area contributed by atoms with Crippen LogP contribution < -0.4 is 10.6 Å². The van der Waals surface area contributed by atoms with Crippen LogP contribution in [-0.4, -0.2) is 41.5 Å². The summed E-state index contributed by atoms with van der Waals surface area (Å²) < 4.78 is 0. The van der Waals surface area contributed by atoms with E-state index in [0.29, 0.717) is 22.8 Å². The quantitative estimate of drug-likeness (QED) is 0.908. The highest BCUT2D eigenvalue weighted by atomic mass is 32.1. The fourth-order valence-electron chi connectivity index (χ4n) is 3.02. The SMILES string of the molecule is CCCN(C)c1nc(N)c(C(=O)N2C(C)CCC2CC)s1. The zero-order valence-corrected chi connectivity index (χ0v) is 14.2. The minimum atomic E-state index is 0.0537. The molecule has 1 aliphatic rings. The number of anilines is 2. The first kappa shape index (κ1) is 16.1. The molecule has 0 radical (unpaired) electrons. The largest absolute Gasteiger partial charge is 0.382 e. The molecule has 118 valence electrons. The number of carbonyl (C=O) groups is 1. The van der Waals surface area contributed by atoms with Gasteiger partial charge in [-0.15, -0.1) is 0 Å². The second-order valence-electron chi connectivity index (χ2n) is 5.83. The molecule has 0 aliphatic carbocycles. The third kappa shape index (κ3) is 3.15. The highest BCUT2D eigenvalue weighted by molar-refractivity contribution is 7.18. The van der Waals surface area contributed by atoms with Crippen LogP contribution in [0.15, 0.2) is 0 Å². The number of nitrogen functional groups attached to an aromatic ring is 1. The van der Waals surface area contributed by atoms with E-state index in [1.807, 2.05) is 11.9 Å². The van der Waals surface area contributed by atoms with Crippen LogP contribution in [-0.2, 0) is 0 Å². The van der Waals surface area contributed by atoms with Crippen molar-refractivity contribution in [2.45, 2.75) is 58.5 Å². The Balaban J connectivity index is 2.23. The molecule has 1 amide bonds. The van der Waals surface area contributed by atoms with Crippen LogP contribution in [0.4, 0.5) is 10.9 Å². The molecule has 6 heteroatoms. The number of aromatic nitrogens is 1. The molecular formula is C15H26N4OS. The highest BCUT2D eigenvalue weighted by Crippen LogP contribution is 2.33. The van der Waals surface area contributed by atoms with Crippen LogP contribution in [0, 0.1) is 0 Å². The predicted octanol–water partition coefficient (Wildman–Crippen LogP) is 2.97. The normalized spacial score (nSPS) is 21.8. The molecule has 1 aromatic rings.